The summed E-state index contributed by atoms with van der Waals surface area (Å²) in [5.74, 6) is 0.125. The van der Waals surface area contributed by atoms with E-state index in [2.05, 4.69) is 13.8 Å². The topological polar surface area (TPSA) is 17.1 Å². The normalized spacial score (nSPS) is 8.86. The molecule has 0 aliphatic heterocycles. The van der Waals surface area contributed by atoms with Gasteiger partial charge in [-0.1, -0.05) is 56.5 Å². The maximum absolute atomic E-state index is 10.8. The Morgan fingerprint density at radius 3 is 1.79 bits per heavy atom. The molecule has 0 N–H and O–H groups in total. The SMILES string of the molecule is CC(=O)c1ccc(C)cc1.CCCC. The van der Waals surface area contributed by atoms with E-state index in [4.69, 9.17) is 0 Å². The minimum Gasteiger partial charge on any atom is -0.295 e. The van der Waals surface area contributed by atoms with Crippen molar-refractivity contribution in [3.05, 3.63) is 35.4 Å². The summed E-state index contributed by atoms with van der Waals surface area (Å²) in [6.07, 6.45) is 2.64. The second kappa shape index (κ2) is 7.31. The van der Waals surface area contributed by atoms with Gasteiger partial charge in [0.05, 0.1) is 0 Å². The van der Waals surface area contributed by atoms with Crippen LogP contribution in [0.2, 0.25) is 0 Å². The lowest BCUT2D eigenvalue weighted by atomic mass is 10.1. The molecule has 1 rings (SSSR count). The van der Waals surface area contributed by atoms with Gasteiger partial charge in [0.2, 0.25) is 0 Å². The van der Waals surface area contributed by atoms with Gasteiger partial charge in [-0.2, -0.15) is 0 Å². The fourth-order valence-corrected chi connectivity index (χ4v) is 0.788. The summed E-state index contributed by atoms with van der Waals surface area (Å²) < 4.78 is 0. The third-order valence-electron chi connectivity index (χ3n) is 1.96. The van der Waals surface area contributed by atoms with Crippen molar-refractivity contribution in [3.63, 3.8) is 0 Å². The Morgan fingerprint density at radius 2 is 1.50 bits per heavy atom. The number of carbonyl (C=O) groups excluding carboxylic acids is 1. The molecule has 0 amide bonds. The average molecular weight is 192 g/mol. The van der Waals surface area contributed by atoms with Gasteiger partial charge in [-0.25, -0.2) is 0 Å². The smallest absolute Gasteiger partial charge is 0.159 e. The van der Waals surface area contributed by atoms with Gasteiger partial charge in [0.15, 0.2) is 5.78 Å². The van der Waals surface area contributed by atoms with Gasteiger partial charge < -0.3 is 0 Å². The maximum atomic E-state index is 10.8. The van der Waals surface area contributed by atoms with Gasteiger partial charge in [-0.05, 0) is 13.8 Å². The molecule has 1 aromatic rings. The quantitative estimate of drug-likeness (QED) is 0.647. The number of aryl methyl sites for hydroxylation is 1. The zero-order chi connectivity index (χ0) is 11.0. The van der Waals surface area contributed by atoms with Crippen LogP contribution in [0.25, 0.3) is 0 Å². The lowest BCUT2D eigenvalue weighted by molar-refractivity contribution is 0.101. The molecule has 0 atom stereocenters. The summed E-state index contributed by atoms with van der Waals surface area (Å²) in [5.41, 5.74) is 1.97. The molecular formula is C13H20O. The summed E-state index contributed by atoms with van der Waals surface area (Å²) in [5, 5.41) is 0. The third-order valence-corrected chi connectivity index (χ3v) is 1.96. The molecule has 1 aromatic carbocycles. The van der Waals surface area contributed by atoms with Crippen LogP contribution >= 0.6 is 0 Å². The van der Waals surface area contributed by atoms with Crippen molar-refractivity contribution < 1.29 is 4.79 Å². The fraction of sp³-hybridized carbons (Fsp3) is 0.462. The van der Waals surface area contributed by atoms with E-state index in [1.807, 2.05) is 31.2 Å². The number of carbonyl (C=O) groups is 1. The third kappa shape index (κ3) is 5.52. The number of Topliss-reactive ketones (excluding diaryl/α,β-unsaturated/α-hetero) is 1. The van der Waals surface area contributed by atoms with Crippen LogP contribution in [0.1, 0.15) is 49.5 Å². The number of benzene rings is 1. The van der Waals surface area contributed by atoms with E-state index in [0.717, 1.165) is 5.56 Å². The Kier molecular flexibility index (Phi) is 6.73. The summed E-state index contributed by atoms with van der Waals surface area (Å²) in [6.45, 7) is 7.94. The number of ketones is 1. The monoisotopic (exact) mass is 192 g/mol. The number of hydrogen-bond acceptors (Lipinski definition) is 1. The summed E-state index contributed by atoms with van der Waals surface area (Å²) >= 11 is 0. The first kappa shape index (κ1) is 12.9. The molecular weight excluding hydrogens is 172 g/mol. The summed E-state index contributed by atoms with van der Waals surface area (Å²) in [4.78, 5) is 10.8. The highest BCUT2D eigenvalue weighted by Crippen LogP contribution is 2.02. The van der Waals surface area contributed by atoms with Gasteiger partial charge in [-0.15, -0.1) is 0 Å². The Balaban J connectivity index is 0.000000364. The van der Waals surface area contributed by atoms with E-state index in [1.165, 1.54) is 18.4 Å². The van der Waals surface area contributed by atoms with Crippen molar-refractivity contribution in [1.29, 1.82) is 0 Å². The summed E-state index contributed by atoms with van der Waals surface area (Å²) in [7, 11) is 0. The second-order valence-electron chi connectivity index (χ2n) is 3.42. The van der Waals surface area contributed by atoms with Crippen molar-refractivity contribution in [2.75, 3.05) is 0 Å². The Hall–Kier alpha value is -1.11. The molecule has 0 aliphatic rings. The second-order valence-corrected chi connectivity index (χ2v) is 3.42. The molecule has 0 aliphatic carbocycles. The van der Waals surface area contributed by atoms with E-state index < -0.39 is 0 Å². The first-order valence-electron chi connectivity index (χ1n) is 5.19. The predicted molar refractivity (Wildman–Crippen MR) is 61.8 cm³/mol. The van der Waals surface area contributed by atoms with E-state index in [-0.39, 0.29) is 5.78 Å². The highest BCUT2D eigenvalue weighted by atomic mass is 16.1. The van der Waals surface area contributed by atoms with Gasteiger partial charge >= 0.3 is 0 Å². The molecule has 0 aromatic heterocycles. The van der Waals surface area contributed by atoms with E-state index >= 15 is 0 Å². The minimum absolute atomic E-state index is 0.125. The summed E-state index contributed by atoms with van der Waals surface area (Å²) in [6, 6.07) is 7.57. The first-order valence-corrected chi connectivity index (χ1v) is 5.19. The molecule has 0 spiro atoms. The largest absolute Gasteiger partial charge is 0.295 e. The van der Waals surface area contributed by atoms with Gasteiger partial charge in [0.25, 0.3) is 0 Å². The molecule has 14 heavy (non-hydrogen) atoms. The number of unbranched alkanes of at least 4 members (excludes halogenated alkanes) is 1. The van der Waals surface area contributed by atoms with E-state index in [9.17, 15) is 4.79 Å². The maximum Gasteiger partial charge on any atom is 0.159 e. The van der Waals surface area contributed by atoms with Crippen LogP contribution in [0, 0.1) is 6.92 Å². The van der Waals surface area contributed by atoms with Crippen molar-refractivity contribution in [2.24, 2.45) is 0 Å². The van der Waals surface area contributed by atoms with Crippen LogP contribution < -0.4 is 0 Å². The van der Waals surface area contributed by atoms with Crippen LogP contribution in [0.15, 0.2) is 24.3 Å². The molecule has 1 nitrogen and oxygen atoms in total. The van der Waals surface area contributed by atoms with Crippen LogP contribution in [0.4, 0.5) is 0 Å². The average Bonchev–Trinajstić information content (AvgIpc) is 2.19. The Morgan fingerprint density at radius 1 is 1.07 bits per heavy atom. The van der Waals surface area contributed by atoms with E-state index in [0.29, 0.717) is 0 Å². The number of hydrogen-bond donors (Lipinski definition) is 0. The van der Waals surface area contributed by atoms with Gasteiger partial charge in [0.1, 0.15) is 0 Å². The fourth-order valence-electron chi connectivity index (χ4n) is 0.788. The van der Waals surface area contributed by atoms with Gasteiger partial charge in [0, 0.05) is 5.56 Å². The molecule has 0 bridgehead atoms. The van der Waals surface area contributed by atoms with Crippen LogP contribution in [0.3, 0.4) is 0 Å². The van der Waals surface area contributed by atoms with Crippen molar-refractivity contribution >= 4 is 5.78 Å². The molecule has 0 saturated carbocycles. The molecule has 0 fully saturated rings. The highest BCUT2D eigenvalue weighted by Gasteiger charge is 1.95. The van der Waals surface area contributed by atoms with Gasteiger partial charge in [-0.3, -0.25) is 4.79 Å². The molecule has 78 valence electrons. The highest BCUT2D eigenvalue weighted by molar-refractivity contribution is 5.93. The van der Waals surface area contributed by atoms with Crippen molar-refractivity contribution in [3.8, 4) is 0 Å². The van der Waals surface area contributed by atoms with Crippen LogP contribution in [-0.4, -0.2) is 5.78 Å². The van der Waals surface area contributed by atoms with Crippen molar-refractivity contribution in [2.45, 2.75) is 40.5 Å². The van der Waals surface area contributed by atoms with Crippen LogP contribution in [0.5, 0.6) is 0 Å². The standard InChI is InChI=1S/C9H10O.C4H10/c1-7-3-5-9(6-4-7)8(2)10;1-3-4-2/h3-6H,1-2H3;3-4H2,1-2H3. The first-order chi connectivity index (χ1) is 6.61. The molecule has 0 unspecified atom stereocenters. The van der Waals surface area contributed by atoms with Crippen molar-refractivity contribution in [1.82, 2.24) is 0 Å². The molecule has 0 heterocycles. The van der Waals surface area contributed by atoms with E-state index in [1.54, 1.807) is 6.92 Å². The molecule has 0 radical (unpaired) electrons. The number of rotatable bonds is 2. The predicted octanol–water partition coefficient (Wildman–Crippen LogP) is 4.00. The van der Waals surface area contributed by atoms with Crippen LogP contribution in [-0.2, 0) is 0 Å². The lowest BCUT2D eigenvalue weighted by Crippen LogP contribution is -1.90. The molecule has 0 saturated heterocycles. The zero-order valence-corrected chi connectivity index (χ0v) is 9.63. The zero-order valence-electron chi connectivity index (χ0n) is 9.63. The minimum atomic E-state index is 0.125. The lowest BCUT2D eigenvalue weighted by Gasteiger charge is -1.93. The Labute approximate surface area is 87.2 Å². The Bertz CT molecular complexity index is 257. The molecule has 1 heteroatoms.